The van der Waals surface area contributed by atoms with Gasteiger partial charge >= 0.3 is 12.1 Å². The fourth-order valence-corrected chi connectivity index (χ4v) is 3.70. The summed E-state index contributed by atoms with van der Waals surface area (Å²) in [5.41, 5.74) is 5.07. The van der Waals surface area contributed by atoms with E-state index in [2.05, 4.69) is 5.32 Å². The summed E-state index contributed by atoms with van der Waals surface area (Å²) in [6, 6.07) is 2.87. The number of thioether (sulfide) groups is 1. The maximum Gasteiger partial charge on any atom is 0.408 e. The van der Waals surface area contributed by atoms with Gasteiger partial charge in [0.2, 0.25) is 0 Å². The molecule has 6 nitrogen and oxygen atoms in total. The largest absolute Gasteiger partial charge is 0.480 e. The van der Waals surface area contributed by atoms with Crippen molar-refractivity contribution in [3.8, 4) is 0 Å². The summed E-state index contributed by atoms with van der Waals surface area (Å²) in [4.78, 5) is 24.1. The number of carbonyl (C=O) groups is 2. The van der Waals surface area contributed by atoms with E-state index in [1.165, 1.54) is 11.8 Å². The molecule has 0 unspecified atom stereocenters. The first-order chi connectivity index (χ1) is 10.2. The Morgan fingerprint density at radius 1 is 1.50 bits per heavy atom. The standard InChI is InChI=1S/C14H22N2O4S2/c1-14(2,3)20-13(19)16-9(12(17)18)8-22-11(7-15)10-5-4-6-21-10/h4-6,9,11H,7-8,15H2,1-3H3,(H,16,19)(H,17,18)/t9-,11+/m0/s1. The monoisotopic (exact) mass is 346 g/mol. The van der Waals surface area contributed by atoms with Crippen LogP contribution in [-0.2, 0) is 9.53 Å². The Morgan fingerprint density at radius 3 is 2.64 bits per heavy atom. The molecule has 1 amide bonds. The molecule has 0 bridgehead atoms. The third kappa shape index (κ3) is 6.67. The summed E-state index contributed by atoms with van der Waals surface area (Å²) in [6.07, 6.45) is -0.735. The van der Waals surface area contributed by atoms with Gasteiger partial charge in [-0.1, -0.05) is 6.07 Å². The predicted octanol–water partition coefficient (Wildman–Crippen LogP) is 2.46. The topological polar surface area (TPSA) is 102 Å². The molecule has 0 aromatic carbocycles. The smallest absolute Gasteiger partial charge is 0.408 e. The number of carboxylic acids is 1. The van der Waals surface area contributed by atoms with Crippen LogP contribution in [0, 0.1) is 0 Å². The third-order valence-electron chi connectivity index (χ3n) is 2.53. The Morgan fingerprint density at radius 2 is 2.18 bits per heavy atom. The first kappa shape index (κ1) is 18.8. The van der Waals surface area contributed by atoms with Crippen LogP contribution in [0.15, 0.2) is 17.5 Å². The van der Waals surface area contributed by atoms with Crippen LogP contribution in [0.3, 0.4) is 0 Å². The van der Waals surface area contributed by atoms with E-state index < -0.39 is 23.7 Å². The van der Waals surface area contributed by atoms with Crippen molar-refractivity contribution in [1.29, 1.82) is 0 Å². The zero-order valence-electron chi connectivity index (χ0n) is 12.9. The summed E-state index contributed by atoms with van der Waals surface area (Å²) in [5.74, 6) is -0.880. The SMILES string of the molecule is CC(C)(C)OC(=O)N[C@@H](CS[C@H](CN)c1cccs1)C(=O)O. The third-order valence-corrected chi connectivity index (χ3v) is 5.04. The molecule has 0 spiro atoms. The van der Waals surface area contributed by atoms with E-state index in [4.69, 9.17) is 10.5 Å². The van der Waals surface area contributed by atoms with Gasteiger partial charge in [-0.25, -0.2) is 9.59 Å². The lowest BCUT2D eigenvalue weighted by Gasteiger charge is -2.22. The van der Waals surface area contributed by atoms with Crippen molar-refractivity contribution in [2.45, 2.75) is 37.7 Å². The molecule has 1 aromatic heterocycles. The number of ether oxygens (including phenoxy) is 1. The van der Waals surface area contributed by atoms with E-state index in [9.17, 15) is 14.7 Å². The van der Waals surface area contributed by atoms with Crippen LogP contribution in [0.4, 0.5) is 4.79 Å². The first-order valence-corrected chi connectivity index (χ1v) is 8.73. The summed E-state index contributed by atoms with van der Waals surface area (Å²) >= 11 is 2.99. The van der Waals surface area contributed by atoms with Gasteiger partial charge in [-0.05, 0) is 32.2 Å². The van der Waals surface area contributed by atoms with Gasteiger partial charge in [0.05, 0.1) is 5.25 Å². The van der Waals surface area contributed by atoms with Crippen LogP contribution in [0.5, 0.6) is 0 Å². The van der Waals surface area contributed by atoms with Gasteiger partial charge in [-0.15, -0.1) is 23.1 Å². The van der Waals surface area contributed by atoms with Crippen LogP contribution < -0.4 is 11.1 Å². The molecule has 124 valence electrons. The highest BCUT2D eigenvalue weighted by Crippen LogP contribution is 2.31. The molecule has 0 aliphatic heterocycles. The predicted molar refractivity (Wildman–Crippen MR) is 89.4 cm³/mol. The summed E-state index contributed by atoms with van der Waals surface area (Å²) in [5, 5.41) is 13.6. The van der Waals surface area contributed by atoms with Crippen LogP contribution in [0.2, 0.25) is 0 Å². The molecule has 0 radical (unpaired) electrons. The molecule has 0 saturated carbocycles. The maximum absolute atomic E-state index is 11.7. The molecule has 4 N–H and O–H groups in total. The number of hydrogen-bond donors (Lipinski definition) is 3. The van der Waals surface area contributed by atoms with E-state index in [1.807, 2.05) is 17.5 Å². The highest BCUT2D eigenvalue weighted by atomic mass is 32.2. The molecule has 1 aromatic rings. The van der Waals surface area contributed by atoms with E-state index in [0.717, 1.165) is 4.88 Å². The lowest BCUT2D eigenvalue weighted by molar-refractivity contribution is -0.138. The molecule has 22 heavy (non-hydrogen) atoms. The van der Waals surface area contributed by atoms with Gasteiger partial charge in [0.1, 0.15) is 11.6 Å². The van der Waals surface area contributed by atoms with Gasteiger partial charge in [0, 0.05) is 17.2 Å². The Bertz CT molecular complexity index is 486. The lowest BCUT2D eigenvalue weighted by Crippen LogP contribution is -2.45. The molecule has 0 saturated heterocycles. The van der Waals surface area contributed by atoms with Crippen LogP contribution in [0.1, 0.15) is 30.9 Å². The molecule has 0 fully saturated rings. The maximum atomic E-state index is 11.7. The van der Waals surface area contributed by atoms with Crippen molar-refractivity contribution >= 4 is 35.2 Å². The number of alkyl carbamates (subject to hydrolysis) is 1. The summed E-state index contributed by atoms with van der Waals surface area (Å²) < 4.78 is 5.08. The minimum atomic E-state index is -1.10. The molecule has 8 heteroatoms. The number of hydrogen-bond acceptors (Lipinski definition) is 6. The van der Waals surface area contributed by atoms with E-state index in [0.29, 0.717) is 6.54 Å². The summed E-state index contributed by atoms with van der Waals surface area (Å²) in [7, 11) is 0. The number of thiophene rings is 1. The minimum Gasteiger partial charge on any atom is -0.480 e. The molecule has 2 atom stereocenters. The van der Waals surface area contributed by atoms with Gasteiger partial charge < -0.3 is 20.9 Å². The van der Waals surface area contributed by atoms with Gasteiger partial charge in [0.25, 0.3) is 0 Å². The van der Waals surface area contributed by atoms with Crippen molar-refractivity contribution in [2.24, 2.45) is 5.73 Å². The van der Waals surface area contributed by atoms with Gasteiger partial charge in [0.15, 0.2) is 0 Å². The van der Waals surface area contributed by atoms with E-state index in [1.54, 1.807) is 32.1 Å². The Kier molecular flexibility index (Phi) is 7.18. The normalized spacial score (nSPS) is 14.2. The number of carbonyl (C=O) groups excluding carboxylic acids is 1. The quantitative estimate of drug-likeness (QED) is 0.701. The second-order valence-electron chi connectivity index (χ2n) is 5.61. The first-order valence-electron chi connectivity index (χ1n) is 6.80. The fourth-order valence-electron chi connectivity index (χ4n) is 1.58. The Hall–Kier alpha value is -1.25. The molecule has 0 aliphatic carbocycles. The molecular weight excluding hydrogens is 324 g/mol. The number of rotatable bonds is 7. The Balaban J connectivity index is 2.57. The second-order valence-corrected chi connectivity index (χ2v) is 7.83. The molecule has 1 rings (SSSR count). The number of amides is 1. The van der Waals surface area contributed by atoms with Crippen molar-refractivity contribution < 1.29 is 19.4 Å². The van der Waals surface area contributed by atoms with E-state index in [-0.39, 0.29) is 11.0 Å². The zero-order valence-corrected chi connectivity index (χ0v) is 14.5. The fraction of sp³-hybridized carbons (Fsp3) is 0.571. The van der Waals surface area contributed by atoms with Crippen molar-refractivity contribution in [3.63, 3.8) is 0 Å². The highest BCUT2D eigenvalue weighted by Gasteiger charge is 2.25. The van der Waals surface area contributed by atoms with Crippen LogP contribution >= 0.6 is 23.1 Å². The second kappa shape index (κ2) is 8.40. The minimum absolute atomic E-state index is 0.0160. The van der Waals surface area contributed by atoms with Gasteiger partial charge in [-0.3, -0.25) is 0 Å². The Labute approximate surface area is 138 Å². The highest BCUT2D eigenvalue weighted by molar-refractivity contribution is 7.99. The van der Waals surface area contributed by atoms with Crippen molar-refractivity contribution in [1.82, 2.24) is 5.32 Å². The number of nitrogens with two attached hydrogens (primary N) is 1. The van der Waals surface area contributed by atoms with E-state index >= 15 is 0 Å². The lowest BCUT2D eigenvalue weighted by atomic mass is 10.2. The molecule has 1 heterocycles. The number of aliphatic carboxylic acids is 1. The van der Waals surface area contributed by atoms with Crippen molar-refractivity contribution in [3.05, 3.63) is 22.4 Å². The van der Waals surface area contributed by atoms with Crippen LogP contribution in [0.25, 0.3) is 0 Å². The average molecular weight is 346 g/mol. The number of nitrogens with one attached hydrogen (secondary N) is 1. The van der Waals surface area contributed by atoms with Gasteiger partial charge in [-0.2, -0.15) is 0 Å². The summed E-state index contributed by atoms with van der Waals surface area (Å²) in [6.45, 7) is 5.57. The average Bonchev–Trinajstić information content (AvgIpc) is 2.89. The molecular formula is C14H22N2O4S2. The zero-order chi connectivity index (χ0) is 16.8. The van der Waals surface area contributed by atoms with Crippen LogP contribution in [-0.4, -0.2) is 41.1 Å². The van der Waals surface area contributed by atoms with Crippen molar-refractivity contribution in [2.75, 3.05) is 12.3 Å². The number of carboxylic acid groups (broad SMARTS) is 1. The molecule has 0 aliphatic rings.